The first kappa shape index (κ1) is 22.4. The molecule has 0 aromatic heterocycles. The molecule has 32 heavy (non-hydrogen) atoms. The number of benzene rings is 3. The highest BCUT2D eigenvalue weighted by atomic mass is 19.2. The van der Waals surface area contributed by atoms with Crippen LogP contribution in [-0.4, -0.2) is 0 Å². The first-order valence-electron chi connectivity index (χ1n) is 11.5. The highest BCUT2D eigenvalue weighted by Crippen LogP contribution is 2.37. The van der Waals surface area contributed by atoms with E-state index in [9.17, 15) is 13.2 Å². The zero-order valence-corrected chi connectivity index (χ0v) is 18.7. The molecule has 1 aliphatic carbocycles. The summed E-state index contributed by atoms with van der Waals surface area (Å²) in [6, 6.07) is 16.3. The van der Waals surface area contributed by atoms with E-state index in [4.69, 9.17) is 0 Å². The van der Waals surface area contributed by atoms with Crippen LogP contribution in [0.1, 0.15) is 67.7 Å². The smallest absolute Gasteiger partial charge is 0.166 e. The maximum absolute atomic E-state index is 14.8. The molecule has 0 atom stereocenters. The van der Waals surface area contributed by atoms with Gasteiger partial charge in [-0.3, -0.25) is 0 Å². The summed E-state index contributed by atoms with van der Waals surface area (Å²) >= 11 is 0. The van der Waals surface area contributed by atoms with Crippen LogP contribution in [0, 0.1) is 23.4 Å². The highest BCUT2D eigenvalue weighted by Gasteiger charge is 2.24. The second-order valence-electron chi connectivity index (χ2n) is 8.94. The number of halogens is 3. The van der Waals surface area contributed by atoms with Gasteiger partial charge in [0, 0.05) is 5.56 Å². The Morgan fingerprint density at radius 2 is 1.47 bits per heavy atom. The van der Waals surface area contributed by atoms with Gasteiger partial charge in [0.15, 0.2) is 11.6 Å². The van der Waals surface area contributed by atoms with Crippen molar-refractivity contribution in [1.82, 2.24) is 0 Å². The quantitative estimate of drug-likeness (QED) is 0.352. The molecule has 166 valence electrons. The molecule has 1 saturated carbocycles. The lowest BCUT2D eigenvalue weighted by molar-refractivity contribution is 0.339. The van der Waals surface area contributed by atoms with Gasteiger partial charge in [0.2, 0.25) is 0 Å². The van der Waals surface area contributed by atoms with Crippen LogP contribution >= 0.6 is 0 Å². The predicted molar refractivity (Wildman–Crippen MR) is 127 cm³/mol. The first-order chi connectivity index (χ1) is 15.5. The molecular formula is C29H29F3. The first-order valence-corrected chi connectivity index (χ1v) is 11.5. The van der Waals surface area contributed by atoms with Crippen LogP contribution < -0.4 is 0 Å². The summed E-state index contributed by atoms with van der Waals surface area (Å²) in [4.78, 5) is 0. The van der Waals surface area contributed by atoms with Crippen molar-refractivity contribution in [2.45, 2.75) is 51.9 Å². The lowest BCUT2D eigenvalue weighted by Gasteiger charge is -2.27. The Bertz CT molecular complexity index is 1100. The van der Waals surface area contributed by atoms with Crippen LogP contribution in [0.4, 0.5) is 13.2 Å². The van der Waals surface area contributed by atoms with E-state index in [1.165, 1.54) is 0 Å². The van der Waals surface area contributed by atoms with Crippen molar-refractivity contribution in [3.8, 4) is 11.1 Å². The Balaban J connectivity index is 1.49. The summed E-state index contributed by atoms with van der Waals surface area (Å²) in [5, 5.41) is 0. The van der Waals surface area contributed by atoms with Crippen LogP contribution in [-0.2, 0) is 6.42 Å². The van der Waals surface area contributed by atoms with Gasteiger partial charge in [-0.05, 0) is 65.0 Å². The maximum atomic E-state index is 14.8. The van der Waals surface area contributed by atoms with E-state index in [0.29, 0.717) is 23.5 Å². The molecule has 0 aliphatic heterocycles. The SMILES string of the molecule is CCc1ccc(-c2ccc(C=Cc3ccc(C4CCC(C)CC4)c(F)c3F)cc2)cc1F. The van der Waals surface area contributed by atoms with Gasteiger partial charge < -0.3 is 0 Å². The van der Waals surface area contributed by atoms with Crippen LogP contribution in [0.3, 0.4) is 0 Å². The Morgan fingerprint density at radius 3 is 2.12 bits per heavy atom. The topological polar surface area (TPSA) is 0 Å². The lowest BCUT2D eigenvalue weighted by Crippen LogP contribution is -2.13. The van der Waals surface area contributed by atoms with E-state index >= 15 is 0 Å². The van der Waals surface area contributed by atoms with Gasteiger partial charge in [-0.1, -0.05) is 87.4 Å². The molecule has 3 aromatic carbocycles. The molecule has 0 bridgehead atoms. The Kier molecular flexibility index (Phi) is 6.83. The molecule has 0 saturated heterocycles. The molecule has 0 unspecified atom stereocenters. The van der Waals surface area contributed by atoms with Crippen molar-refractivity contribution in [3.63, 3.8) is 0 Å². The van der Waals surface area contributed by atoms with Crippen molar-refractivity contribution in [2.75, 3.05) is 0 Å². The third kappa shape index (κ3) is 4.82. The summed E-state index contributed by atoms with van der Waals surface area (Å²) in [5.41, 5.74) is 4.05. The number of hydrogen-bond donors (Lipinski definition) is 0. The van der Waals surface area contributed by atoms with Crippen LogP contribution in [0.15, 0.2) is 54.6 Å². The fourth-order valence-electron chi connectivity index (χ4n) is 4.58. The number of rotatable bonds is 5. The minimum absolute atomic E-state index is 0.113. The minimum atomic E-state index is -0.777. The molecule has 3 heteroatoms. The van der Waals surface area contributed by atoms with Crippen molar-refractivity contribution < 1.29 is 13.2 Å². The van der Waals surface area contributed by atoms with Gasteiger partial charge in [-0.25, -0.2) is 13.2 Å². The van der Waals surface area contributed by atoms with Gasteiger partial charge >= 0.3 is 0 Å². The van der Waals surface area contributed by atoms with E-state index in [-0.39, 0.29) is 17.3 Å². The second-order valence-corrected chi connectivity index (χ2v) is 8.94. The minimum Gasteiger partial charge on any atom is -0.207 e. The van der Waals surface area contributed by atoms with Gasteiger partial charge in [0.1, 0.15) is 5.82 Å². The summed E-state index contributed by atoms with van der Waals surface area (Å²) in [5.74, 6) is -0.900. The Labute approximate surface area is 188 Å². The molecule has 0 nitrogen and oxygen atoms in total. The average molecular weight is 435 g/mol. The zero-order valence-electron chi connectivity index (χ0n) is 18.7. The molecule has 0 N–H and O–H groups in total. The van der Waals surface area contributed by atoms with E-state index in [1.54, 1.807) is 30.4 Å². The van der Waals surface area contributed by atoms with Crippen molar-refractivity contribution in [3.05, 3.63) is 94.3 Å². The van der Waals surface area contributed by atoms with Crippen molar-refractivity contribution in [1.29, 1.82) is 0 Å². The highest BCUT2D eigenvalue weighted by molar-refractivity contribution is 5.72. The van der Waals surface area contributed by atoms with Gasteiger partial charge in [-0.15, -0.1) is 0 Å². The predicted octanol–water partition coefficient (Wildman–Crippen LogP) is 8.80. The summed E-state index contributed by atoms with van der Waals surface area (Å²) in [6.07, 6.45) is 8.01. The monoisotopic (exact) mass is 434 g/mol. The molecule has 0 amide bonds. The van der Waals surface area contributed by atoms with Gasteiger partial charge in [0.25, 0.3) is 0 Å². The summed E-state index contributed by atoms with van der Waals surface area (Å²) < 4.78 is 43.6. The van der Waals surface area contributed by atoms with Crippen LogP contribution in [0.5, 0.6) is 0 Å². The molecule has 0 spiro atoms. The van der Waals surface area contributed by atoms with Gasteiger partial charge in [-0.2, -0.15) is 0 Å². The fraction of sp³-hybridized carbons (Fsp3) is 0.310. The van der Waals surface area contributed by atoms with Crippen LogP contribution in [0.2, 0.25) is 0 Å². The van der Waals surface area contributed by atoms with E-state index in [2.05, 4.69) is 6.92 Å². The summed E-state index contributed by atoms with van der Waals surface area (Å²) in [7, 11) is 0. The number of aryl methyl sites for hydroxylation is 1. The molecule has 4 rings (SSSR count). The molecule has 3 aromatic rings. The summed E-state index contributed by atoms with van der Waals surface area (Å²) in [6.45, 7) is 4.14. The van der Waals surface area contributed by atoms with E-state index < -0.39 is 11.6 Å². The Hall–Kier alpha value is -2.81. The van der Waals surface area contributed by atoms with Gasteiger partial charge in [0.05, 0.1) is 0 Å². The zero-order chi connectivity index (χ0) is 22.7. The second kappa shape index (κ2) is 9.77. The molecule has 0 heterocycles. The number of hydrogen-bond acceptors (Lipinski definition) is 0. The van der Waals surface area contributed by atoms with E-state index in [1.807, 2.05) is 43.3 Å². The normalized spacial score (nSPS) is 18.9. The third-order valence-electron chi connectivity index (χ3n) is 6.73. The third-order valence-corrected chi connectivity index (χ3v) is 6.73. The molecule has 0 radical (unpaired) electrons. The van der Waals surface area contributed by atoms with Crippen LogP contribution in [0.25, 0.3) is 23.3 Å². The standard InChI is InChI=1S/C29H29F3/c1-3-21-14-15-25(18-27(21)30)22-11-6-20(7-12-22)8-13-24-16-17-26(29(32)28(24)31)23-9-4-19(2)5-10-23/h6-8,11-19,23H,3-5,9-10H2,1-2H3. The average Bonchev–Trinajstić information content (AvgIpc) is 2.81. The van der Waals surface area contributed by atoms with E-state index in [0.717, 1.165) is 42.4 Å². The maximum Gasteiger partial charge on any atom is 0.166 e. The molecule has 1 aliphatic rings. The fourth-order valence-corrected chi connectivity index (χ4v) is 4.58. The lowest BCUT2D eigenvalue weighted by atomic mass is 9.79. The van der Waals surface area contributed by atoms with Crippen molar-refractivity contribution >= 4 is 12.2 Å². The Morgan fingerprint density at radius 1 is 0.781 bits per heavy atom. The largest absolute Gasteiger partial charge is 0.207 e. The molecular weight excluding hydrogens is 405 g/mol. The van der Waals surface area contributed by atoms with Crippen molar-refractivity contribution in [2.24, 2.45) is 5.92 Å². The molecule has 1 fully saturated rings.